The Morgan fingerprint density at radius 1 is 1.07 bits per heavy atom. The number of hydrogen-bond acceptors (Lipinski definition) is 4. The number of aryl methyl sites for hydroxylation is 1. The van der Waals surface area contributed by atoms with Gasteiger partial charge in [0, 0.05) is 24.2 Å². The van der Waals surface area contributed by atoms with Crippen molar-refractivity contribution in [3.05, 3.63) is 86.6 Å². The quantitative estimate of drug-likeness (QED) is 0.548. The molecule has 1 amide bonds. The number of aromatic nitrogens is 3. The highest BCUT2D eigenvalue weighted by molar-refractivity contribution is 7.13. The summed E-state index contributed by atoms with van der Waals surface area (Å²) in [4.78, 5) is 31.4. The van der Waals surface area contributed by atoms with E-state index in [2.05, 4.69) is 10.3 Å². The van der Waals surface area contributed by atoms with Gasteiger partial charge in [-0.05, 0) is 36.8 Å². The fourth-order valence-electron chi connectivity index (χ4n) is 3.19. The number of carbonyl (C=O) groups excluding carboxylic acids is 1. The summed E-state index contributed by atoms with van der Waals surface area (Å²) in [7, 11) is 0. The molecule has 7 heteroatoms. The zero-order valence-electron chi connectivity index (χ0n) is 15.5. The van der Waals surface area contributed by atoms with Gasteiger partial charge in [0.25, 0.3) is 5.91 Å². The summed E-state index contributed by atoms with van der Waals surface area (Å²) in [6.07, 6.45) is 1.68. The lowest BCUT2D eigenvalue weighted by Crippen LogP contribution is -2.31. The van der Waals surface area contributed by atoms with Gasteiger partial charge in [0.2, 0.25) is 0 Å². The lowest BCUT2D eigenvalue weighted by atomic mass is 10.2. The maximum Gasteiger partial charge on any atom is 0.330 e. The topological polar surface area (TPSA) is 68.9 Å². The molecule has 28 heavy (non-hydrogen) atoms. The number of rotatable bonds is 6. The summed E-state index contributed by atoms with van der Waals surface area (Å²) in [6.45, 7) is 3.17. The molecule has 1 aromatic carbocycles. The van der Waals surface area contributed by atoms with Crippen LogP contribution in [0.25, 0.3) is 11.2 Å². The largest absolute Gasteiger partial charge is 0.350 e. The van der Waals surface area contributed by atoms with Crippen LogP contribution in [0.2, 0.25) is 0 Å². The average molecular weight is 392 g/mol. The van der Waals surface area contributed by atoms with Crippen molar-refractivity contribution in [2.75, 3.05) is 6.54 Å². The Morgan fingerprint density at radius 3 is 2.64 bits per heavy atom. The Kier molecular flexibility index (Phi) is 5.08. The predicted octanol–water partition coefficient (Wildman–Crippen LogP) is 3.05. The molecule has 3 aromatic heterocycles. The molecule has 0 bridgehead atoms. The molecular weight excluding hydrogens is 372 g/mol. The van der Waals surface area contributed by atoms with Crippen LogP contribution >= 0.6 is 11.3 Å². The van der Waals surface area contributed by atoms with E-state index in [-0.39, 0.29) is 11.6 Å². The van der Waals surface area contributed by atoms with Gasteiger partial charge in [-0.1, -0.05) is 30.3 Å². The van der Waals surface area contributed by atoms with Crippen molar-refractivity contribution in [3.63, 3.8) is 0 Å². The van der Waals surface area contributed by atoms with Crippen LogP contribution in [0.15, 0.2) is 65.6 Å². The fourth-order valence-corrected chi connectivity index (χ4v) is 3.98. The van der Waals surface area contributed by atoms with Crippen molar-refractivity contribution in [2.45, 2.75) is 20.0 Å². The fraction of sp³-hybridized carbons (Fsp3) is 0.190. The van der Waals surface area contributed by atoms with Gasteiger partial charge < -0.3 is 5.32 Å². The molecule has 142 valence electrons. The molecule has 0 aliphatic carbocycles. The SMILES string of the molecule is Cc1ccc(C(=O)NCCn2c(=O)n(Cc3ccccc3)c3cccnc32)s1. The van der Waals surface area contributed by atoms with E-state index in [0.717, 1.165) is 16.0 Å². The number of fused-ring (bicyclic) bond motifs is 1. The van der Waals surface area contributed by atoms with E-state index in [4.69, 9.17) is 0 Å². The zero-order valence-corrected chi connectivity index (χ0v) is 16.3. The number of hydrogen-bond donors (Lipinski definition) is 1. The Hall–Kier alpha value is -3.19. The van der Waals surface area contributed by atoms with E-state index in [1.54, 1.807) is 15.3 Å². The number of benzene rings is 1. The average Bonchev–Trinajstić information content (AvgIpc) is 3.26. The molecule has 0 saturated heterocycles. The summed E-state index contributed by atoms with van der Waals surface area (Å²) in [6, 6.07) is 17.3. The van der Waals surface area contributed by atoms with Crippen molar-refractivity contribution in [1.29, 1.82) is 0 Å². The molecule has 4 rings (SSSR count). The highest BCUT2D eigenvalue weighted by Gasteiger charge is 2.15. The number of amides is 1. The number of nitrogens with zero attached hydrogens (tertiary/aromatic N) is 3. The van der Waals surface area contributed by atoms with Crippen LogP contribution in [-0.2, 0) is 13.1 Å². The van der Waals surface area contributed by atoms with Crippen LogP contribution in [0.4, 0.5) is 0 Å². The zero-order chi connectivity index (χ0) is 19.5. The summed E-state index contributed by atoms with van der Waals surface area (Å²) in [5.74, 6) is -0.118. The van der Waals surface area contributed by atoms with Gasteiger partial charge in [0.1, 0.15) is 0 Å². The van der Waals surface area contributed by atoms with E-state index in [1.807, 2.05) is 61.5 Å². The smallest absolute Gasteiger partial charge is 0.330 e. The molecule has 0 saturated carbocycles. The van der Waals surface area contributed by atoms with E-state index in [0.29, 0.717) is 30.2 Å². The van der Waals surface area contributed by atoms with E-state index >= 15 is 0 Å². The molecule has 4 aromatic rings. The number of thiophene rings is 1. The van der Waals surface area contributed by atoms with Gasteiger partial charge >= 0.3 is 5.69 Å². The molecule has 0 aliphatic heterocycles. The second kappa shape index (κ2) is 7.82. The molecule has 0 spiro atoms. The second-order valence-corrected chi connectivity index (χ2v) is 7.81. The minimum atomic E-state index is -0.126. The van der Waals surface area contributed by atoms with Crippen LogP contribution in [0.3, 0.4) is 0 Å². The molecule has 3 heterocycles. The Bertz CT molecular complexity index is 1170. The van der Waals surface area contributed by atoms with Crippen LogP contribution in [0.1, 0.15) is 20.1 Å². The second-order valence-electron chi connectivity index (χ2n) is 6.52. The normalized spacial score (nSPS) is 11.0. The minimum absolute atomic E-state index is 0.118. The molecule has 0 aliphatic rings. The number of nitrogens with one attached hydrogen (secondary N) is 1. The summed E-state index contributed by atoms with van der Waals surface area (Å²) in [5, 5.41) is 2.89. The lowest BCUT2D eigenvalue weighted by molar-refractivity contribution is 0.0956. The number of pyridine rings is 1. The van der Waals surface area contributed by atoms with E-state index in [1.165, 1.54) is 11.3 Å². The van der Waals surface area contributed by atoms with E-state index in [9.17, 15) is 9.59 Å². The van der Waals surface area contributed by atoms with Crippen LogP contribution in [0, 0.1) is 6.92 Å². The van der Waals surface area contributed by atoms with Gasteiger partial charge in [0.05, 0.1) is 16.9 Å². The van der Waals surface area contributed by atoms with Crippen molar-refractivity contribution in [3.8, 4) is 0 Å². The third-order valence-corrected chi connectivity index (χ3v) is 5.54. The van der Waals surface area contributed by atoms with E-state index < -0.39 is 0 Å². The summed E-state index contributed by atoms with van der Waals surface area (Å²) in [5.41, 5.74) is 2.34. The first-order valence-electron chi connectivity index (χ1n) is 9.06. The van der Waals surface area contributed by atoms with Gasteiger partial charge in [-0.15, -0.1) is 11.3 Å². The predicted molar refractivity (Wildman–Crippen MR) is 111 cm³/mol. The third kappa shape index (κ3) is 3.61. The van der Waals surface area contributed by atoms with Crippen molar-refractivity contribution in [1.82, 2.24) is 19.4 Å². The first kappa shape index (κ1) is 18.2. The first-order chi connectivity index (χ1) is 13.6. The maximum absolute atomic E-state index is 13.0. The minimum Gasteiger partial charge on any atom is -0.350 e. The van der Waals surface area contributed by atoms with Gasteiger partial charge in [0.15, 0.2) is 5.65 Å². The Morgan fingerprint density at radius 2 is 1.89 bits per heavy atom. The van der Waals surface area contributed by atoms with Crippen molar-refractivity contribution < 1.29 is 4.79 Å². The maximum atomic E-state index is 13.0. The molecule has 1 N–H and O–H groups in total. The molecule has 6 nitrogen and oxygen atoms in total. The monoisotopic (exact) mass is 392 g/mol. The van der Waals surface area contributed by atoms with Gasteiger partial charge in [-0.25, -0.2) is 9.78 Å². The summed E-state index contributed by atoms with van der Waals surface area (Å²) < 4.78 is 3.35. The molecule has 0 unspecified atom stereocenters. The molecule has 0 fully saturated rings. The molecule has 0 atom stereocenters. The van der Waals surface area contributed by atoms with Crippen molar-refractivity contribution in [2.24, 2.45) is 0 Å². The number of imidazole rings is 1. The highest BCUT2D eigenvalue weighted by atomic mass is 32.1. The van der Waals surface area contributed by atoms with Crippen LogP contribution < -0.4 is 11.0 Å². The molecule has 0 radical (unpaired) electrons. The Labute approximate surface area is 166 Å². The standard InChI is InChI=1S/C21H20N4O2S/c1-15-9-10-18(28-15)20(26)23-12-13-24-19-17(8-5-11-22-19)25(21(24)27)14-16-6-3-2-4-7-16/h2-11H,12-14H2,1H3,(H,23,26). The van der Waals surface area contributed by atoms with Crippen LogP contribution in [-0.4, -0.2) is 26.6 Å². The third-order valence-electron chi connectivity index (χ3n) is 4.54. The van der Waals surface area contributed by atoms with Gasteiger partial charge in [-0.3, -0.25) is 13.9 Å². The molecular formula is C21H20N4O2S. The van der Waals surface area contributed by atoms with Gasteiger partial charge in [-0.2, -0.15) is 0 Å². The lowest BCUT2D eigenvalue weighted by Gasteiger charge is -2.05. The summed E-state index contributed by atoms with van der Waals surface area (Å²) >= 11 is 1.46. The highest BCUT2D eigenvalue weighted by Crippen LogP contribution is 2.15. The number of carbonyl (C=O) groups is 1. The Balaban J connectivity index is 1.56. The van der Waals surface area contributed by atoms with Crippen molar-refractivity contribution >= 4 is 28.4 Å². The first-order valence-corrected chi connectivity index (χ1v) is 9.88. The van der Waals surface area contributed by atoms with Crippen LogP contribution in [0.5, 0.6) is 0 Å².